The highest BCUT2D eigenvalue weighted by molar-refractivity contribution is 7.15. The second kappa shape index (κ2) is 4.50. The molecule has 2 aromatic rings. The minimum atomic E-state index is -1.45. The molecule has 5 heteroatoms. The molecule has 0 aliphatic carbocycles. The molecule has 1 nitrogen and oxygen atoms in total. The molecule has 1 heterocycles. The number of rotatable bonds is 2. The molecule has 1 aromatic heterocycles. The van der Waals surface area contributed by atoms with Gasteiger partial charge in [-0.05, 0) is 31.2 Å². The first-order valence-corrected chi connectivity index (χ1v) is 5.81. The average molecular weight is 257 g/mol. The van der Waals surface area contributed by atoms with E-state index in [1.54, 1.807) is 19.1 Å². The van der Waals surface area contributed by atoms with Gasteiger partial charge in [0.05, 0.1) is 0 Å². The van der Waals surface area contributed by atoms with Crippen LogP contribution in [0, 0.1) is 17.5 Å². The van der Waals surface area contributed by atoms with E-state index in [1.807, 2.05) is 0 Å². The van der Waals surface area contributed by atoms with E-state index in [9.17, 15) is 13.2 Å². The predicted octanol–water partition coefficient (Wildman–Crippen LogP) is 3.85. The maximum absolute atomic E-state index is 13.5. The van der Waals surface area contributed by atoms with Crippen LogP contribution in [-0.4, -0.2) is 0 Å². The molecule has 17 heavy (non-hydrogen) atoms. The molecule has 0 bridgehead atoms. The van der Waals surface area contributed by atoms with Crippen LogP contribution in [0.15, 0.2) is 24.3 Å². The summed E-state index contributed by atoms with van der Waals surface area (Å²) in [6.07, 6.45) is 0. The summed E-state index contributed by atoms with van der Waals surface area (Å²) in [6.45, 7) is 1.80. The van der Waals surface area contributed by atoms with Gasteiger partial charge in [-0.1, -0.05) is 0 Å². The lowest BCUT2D eigenvalue weighted by Gasteiger charge is -2.02. The van der Waals surface area contributed by atoms with Gasteiger partial charge in [0.2, 0.25) is 0 Å². The van der Waals surface area contributed by atoms with E-state index < -0.39 is 17.5 Å². The van der Waals surface area contributed by atoms with Gasteiger partial charge in [-0.3, -0.25) is 0 Å². The van der Waals surface area contributed by atoms with Crippen molar-refractivity contribution in [3.8, 4) is 10.4 Å². The molecule has 0 aliphatic rings. The fraction of sp³-hybridized carbons (Fsp3) is 0.167. The summed E-state index contributed by atoms with van der Waals surface area (Å²) in [5.74, 6) is -3.79. The van der Waals surface area contributed by atoms with Crippen LogP contribution in [0.4, 0.5) is 13.2 Å². The Morgan fingerprint density at radius 2 is 1.76 bits per heavy atom. The molecule has 0 radical (unpaired) electrons. The van der Waals surface area contributed by atoms with Crippen molar-refractivity contribution in [3.05, 3.63) is 46.6 Å². The molecule has 2 rings (SSSR count). The maximum atomic E-state index is 13.5. The zero-order valence-corrected chi connectivity index (χ0v) is 9.82. The third-order valence-electron chi connectivity index (χ3n) is 2.38. The van der Waals surface area contributed by atoms with Gasteiger partial charge in [0, 0.05) is 21.4 Å². The Hall–Kier alpha value is -1.33. The van der Waals surface area contributed by atoms with Crippen molar-refractivity contribution in [1.29, 1.82) is 0 Å². The van der Waals surface area contributed by atoms with E-state index in [4.69, 9.17) is 5.73 Å². The number of nitrogens with two attached hydrogens (primary N) is 1. The first-order valence-electron chi connectivity index (χ1n) is 5.00. The van der Waals surface area contributed by atoms with Gasteiger partial charge >= 0.3 is 0 Å². The molecular formula is C12H10F3NS. The van der Waals surface area contributed by atoms with Gasteiger partial charge < -0.3 is 5.73 Å². The van der Waals surface area contributed by atoms with Crippen molar-refractivity contribution in [2.45, 2.75) is 13.0 Å². The van der Waals surface area contributed by atoms with E-state index in [1.165, 1.54) is 17.4 Å². The molecule has 0 saturated carbocycles. The normalized spacial score (nSPS) is 12.8. The summed E-state index contributed by atoms with van der Waals surface area (Å²) in [4.78, 5) is 1.40. The first-order chi connectivity index (χ1) is 8.00. The molecule has 2 N–H and O–H groups in total. The van der Waals surface area contributed by atoms with Crippen LogP contribution in [0.25, 0.3) is 10.4 Å². The largest absolute Gasteiger partial charge is 0.324 e. The van der Waals surface area contributed by atoms with Crippen LogP contribution < -0.4 is 5.73 Å². The summed E-state index contributed by atoms with van der Waals surface area (Å²) in [5.41, 5.74) is 5.74. The second-order valence-corrected chi connectivity index (χ2v) is 4.83. The summed E-state index contributed by atoms with van der Waals surface area (Å²) >= 11 is 1.27. The van der Waals surface area contributed by atoms with Crippen LogP contribution in [0.5, 0.6) is 0 Å². The maximum Gasteiger partial charge on any atom is 0.195 e. The van der Waals surface area contributed by atoms with Crippen LogP contribution >= 0.6 is 11.3 Å². The summed E-state index contributed by atoms with van der Waals surface area (Å²) in [7, 11) is 0. The van der Waals surface area contributed by atoms with E-state index in [0.717, 1.165) is 10.9 Å². The van der Waals surface area contributed by atoms with E-state index in [-0.39, 0.29) is 11.6 Å². The van der Waals surface area contributed by atoms with Crippen LogP contribution in [-0.2, 0) is 0 Å². The third-order valence-corrected chi connectivity index (χ3v) is 3.70. The Kier molecular flexibility index (Phi) is 3.22. The SMILES string of the molecule is CC(N)c1ccc(-c2ccc(F)c(F)c2F)s1. The van der Waals surface area contributed by atoms with Gasteiger partial charge in [0.15, 0.2) is 17.5 Å². The number of hydrogen-bond acceptors (Lipinski definition) is 2. The molecule has 0 saturated heterocycles. The molecule has 0 fully saturated rings. The molecule has 0 spiro atoms. The minimum absolute atomic E-state index is 0.0563. The quantitative estimate of drug-likeness (QED) is 0.812. The Morgan fingerprint density at radius 1 is 1.06 bits per heavy atom. The number of halogens is 3. The highest BCUT2D eigenvalue weighted by atomic mass is 32.1. The lowest BCUT2D eigenvalue weighted by Crippen LogP contribution is -2.01. The van der Waals surface area contributed by atoms with Crippen molar-refractivity contribution in [3.63, 3.8) is 0 Å². The van der Waals surface area contributed by atoms with Gasteiger partial charge in [-0.25, -0.2) is 13.2 Å². The summed E-state index contributed by atoms with van der Waals surface area (Å²) < 4.78 is 39.4. The number of benzene rings is 1. The van der Waals surface area contributed by atoms with Gasteiger partial charge in [0.25, 0.3) is 0 Å². The Morgan fingerprint density at radius 3 is 2.35 bits per heavy atom. The molecule has 1 atom stereocenters. The van der Waals surface area contributed by atoms with Crippen LogP contribution in [0.1, 0.15) is 17.8 Å². The van der Waals surface area contributed by atoms with Gasteiger partial charge in [0.1, 0.15) is 0 Å². The predicted molar refractivity (Wildman–Crippen MR) is 62.2 cm³/mol. The Bertz CT molecular complexity index is 549. The highest BCUT2D eigenvalue weighted by Gasteiger charge is 2.16. The second-order valence-electron chi connectivity index (χ2n) is 3.71. The molecule has 1 unspecified atom stereocenters. The van der Waals surface area contributed by atoms with E-state index >= 15 is 0 Å². The van der Waals surface area contributed by atoms with Crippen LogP contribution in [0.3, 0.4) is 0 Å². The summed E-state index contributed by atoms with van der Waals surface area (Å²) in [6, 6.07) is 5.38. The van der Waals surface area contributed by atoms with E-state index in [2.05, 4.69) is 0 Å². The van der Waals surface area contributed by atoms with Crippen molar-refractivity contribution < 1.29 is 13.2 Å². The Labute approximate surface area is 101 Å². The fourth-order valence-corrected chi connectivity index (χ4v) is 2.44. The van der Waals surface area contributed by atoms with Crippen molar-refractivity contribution in [2.24, 2.45) is 5.73 Å². The third kappa shape index (κ3) is 2.21. The van der Waals surface area contributed by atoms with Crippen molar-refractivity contribution in [2.75, 3.05) is 0 Å². The molecule has 0 amide bonds. The van der Waals surface area contributed by atoms with E-state index in [0.29, 0.717) is 4.88 Å². The molecule has 1 aromatic carbocycles. The molecule has 0 aliphatic heterocycles. The van der Waals surface area contributed by atoms with Crippen molar-refractivity contribution >= 4 is 11.3 Å². The molecular weight excluding hydrogens is 247 g/mol. The minimum Gasteiger partial charge on any atom is -0.324 e. The fourth-order valence-electron chi connectivity index (χ4n) is 1.46. The highest BCUT2D eigenvalue weighted by Crippen LogP contribution is 2.33. The standard InChI is InChI=1S/C12H10F3NS/c1-6(16)9-4-5-10(17-9)7-2-3-8(13)12(15)11(7)14/h2-6H,16H2,1H3. The number of thiophene rings is 1. The van der Waals surface area contributed by atoms with Crippen LogP contribution in [0.2, 0.25) is 0 Å². The smallest absolute Gasteiger partial charge is 0.195 e. The lowest BCUT2D eigenvalue weighted by atomic mass is 10.1. The van der Waals surface area contributed by atoms with Gasteiger partial charge in [-0.2, -0.15) is 0 Å². The zero-order chi connectivity index (χ0) is 12.6. The van der Waals surface area contributed by atoms with Gasteiger partial charge in [-0.15, -0.1) is 11.3 Å². The number of hydrogen-bond donors (Lipinski definition) is 1. The first kappa shape index (κ1) is 12.1. The summed E-state index contributed by atoms with van der Waals surface area (Å²) in [5, 5.41) is 0. The topological polar surface area (TPSA) is 26.0 Å². The molecule has 90 valence electrons. The Balaban J connectivity index is 2.49. The zero-order valence-electron chi connectivity index (χ0n) is 9.01. The van der Waals surface area contributed by atoms with Crippen molar-refractivity contribution in [1.82, 2.24) is 0 Å². The monoisotopic (exact) mass is 257 g/mol. The average Bonchev–Trinajstić information content (AvgIpc) is 2.75. The lowest BCUT2D eigenvalue weighted by molar-refractivity contribution is 0.449.